The van der Waals surface area contributed by atoms with Crippen molar-refractivity contribution in [2.24, 2.45) is 0 Å². The molecule has 0 radical (unpaired) electrons. The molecule has 2 N–H and O–H groups in total. The van der Waals surface area contributed by atoms with E-state index in [2.05, 4.69) is 28.5 Å². The van der Waals surface area contributed by atoms with E-state index in [9.17, 15) is 5.26 Å². The summed E-state index contributed by atoms with van der Waals surface area (Å²) in [5.41, 5.74) is 2.47. The van der Waals surface area contributed by atoms with Crippen LogP contribution < -0.4 is 5.32 Å². The first kappa shape index (κ1) is 12.2. The normalized spacial score (nSPS) is 10.0. The molecule has 0 amide bonds. The molecule has 0 aliphatic heterocycles. The van der Waals surface area contributed by atoms with E-state index < -0.39 is 0 Å². The Morgan fingerprint density at radius 2 is 2.11 bits per heavy atom. The molecule has 0 fully saturated rings. The van der Waals surface area contributed by atoms with Crippen LogP contribution in [-0.4, -0.2) is 10.2 Å². The van der Waals surface area contributed by atoms with Crippen LogP contribution in [-0.2, 0) is 6.42 Å². The molecule has 92 valence electrons. The van der Waals surface area contributed by atoms with Crippen LogP contribution in [0.15, 0.2) is 30.3 Å². The fourth-order valence-corrected chi connectivity index (χ4v) is 1.78. The molecule has 4 heteroatoms. The number of nitriles is 1. The highest BCUT2D eigenvalue weighted by Gasteiger charge is 2.12. The fraction of sp³-hybridized carbons (Fsp3) is 0.286. The zero-order valence-corrected chi connectivity index (χ0v) is 10.4. The van der Waals surface area contributed by atoms with Crippen LogP contribution in [0.25, 0.3) is 0 Å². The molecule has 2 rings (SSSR count). The largest absolute Gasteiger partial charge is 0.338 e. The molecule has 1 aromatic carbocycles. The summed E-state index contributed by atoms with van der Waals surface area (Å²) < 4.78 is 0. The van der Waals surface area contributed by atoms with Crippen LogP contribution in [0.2, 0.25) is 0 Å². The molecule has 0 saturated carbocycles. The minimum absolute atomic E-state index is 0.606. The molecular formula is C14H16N4. The quantitative estimate of drug-likeness (QED) is 0.842. The Kier molecular flexibility index (Phi) is 3.98. The molecule has 0 aliphatic carbocycles. The number of anilines is 2. The van der Waals surface area contributed by atoms with E-state index in [4.69, 9.17) is 0 Å². The van der Waals surface area contributed by atoms with Crippen molar-refractivity contribution in [1.29, 1.82) is 5.26 Å². The van der Waals surface area contributed by atoms with E-state index in [1.165, 1.54) is 0 Å². The van der Waals surface area contributed by atoms with Gasteiger partial charge in [0.25, 0.3) is 0 Å². The first-order valence-corrected chi connectivity index (χ1v) is 6.14. The molecule has 0 bridgehead atoms. The number of unbranched alkanes of at least 4 members (excludes halogenated alkanes) is 1. The van der Waals surface area contributed by atoms with Crippen LogP contribution in [0, 0.1) is 11.3 Å². The van der Waals surface area contributed by atoms with Gasteiger partial charge in [-0.05, 0) is 25.0 Å². The van der Waals surface area contributed by atoms with Crippen LogP contribution in [0.5, 0.6) is 0 Å². The molecule has 1 aromatic heterocycles. The maximum absolute atomic E-state index is 9.22. The van der Waals surface area contributed by atoms with Crippen molar-refractivity contribution in [2.75, 3.05) is 5.32 Å². The van der Waals surface area contributed by atoms with Gasteiger partial charge in [-0.15, -0.1) is 0 Å². The molecule has 0 spiro atoms. The highest BCUT2D eigenvalue weighted by atomic mass is 15.2. The lowest BCUT2D eigenvalue weighted by molar-refractivity contribution is 0.770. The predicted octanol–water partition coefficient (Wildman–Crippen LogP) is 3.37. The van der Waals surface area contributed by atoms with E-state index in [1.54, 1.807) is 0 Å². The monoisotopic (exact) mass is 240 g/mol. The van der Waals surface area contributed by atoms with E-state index in [1.807, 2.05) is 30.3 Å². The second-order valence-corrected chi connectivity index (χ2v) is 4.13. The number of aromatic nitrogens is 2. The van der Waals surface area contributed by atoms with Crippen molar-refractivity contribution in [3.8, 4) is 6.07 Å². The third-order valence-corrected chi connectivity index (χ3v) is 2.77. The minimum atomic E-state index is 0.606. The summed E-state index contributed by atoms with van der Waals surface area (Å²) in [5, 5.41) is 19.5. The van der Waals surface area contributed by atoms with Gasteiger partial charge >= 0.3 is 0 Å². The first-order chi connectivity index (χ1) is 8.85. The number of nitrogens with zero attached hydrogens (tertiary/aromatic N) is 2. The van der Waals surface area contributed by atoms with Crippen LogP contribution in [0.1, 0.15) is 31.0 Å². The van der Waals surface area contributed by atoms with Crippen LogP contribution in [0.3, 0.4) is 0 Å². The van der Waals surface area contributed by atoms with E-state index in [0.717, 1.165) is 30.6 Å². The number of hydrogen-bond donors (Lipinski definition) is 2. The maximum Gasteiger partial charge on any atom is 0.170 e. The number of hydrogen-bond acceptors (Lipinski definition) is 3. The summed E-state index contributed by atoms with van der Waals surface area (Å²) in [6.07, 6.45) is 3.02. The Morgan fingerprint density at radius 3 is 2.78 bits per heavy atom. The lowest BCUT2D eigenvalue weighted by Crippen LogP contribution is -1.93. The number of nitrogens with one attached hydrogen (secondary N) is 2. The Labute approximate surface area is 107 Å². The third kappa shape index (κ3) is 2.69. The van der Waals surface area contributed by atoms with Gasteiger partial charge in [-0.2, -0.15) is 10.4 Å². The zero-order chi connectivity index (χ0) is 12.8. The van der Waals surface area contributed by atoms with Crippen molar-refractivity contribution < 1.29 is 0 Å². The van der Waals surface area contributed by atoms with Crippen molar-refractivity contribution in [2.45, 2.75) is 26.2 Å². The van der Waals surface area contributed by atoms with Gasteiger partial charge in [0.2, 0.25) is 0 Å². The van der Waals surface area contributed by atoms with E-state index in [-0.39, 0.29) is 0 Å². The predicted molar refractivity (Wildman–Crippen MR) is 71.6 cm³/mol. The highest BCUT2D eigenvalue weighted by Crippen LogP contribution is 2.21. The van der Waals surface area contributed by atoms with Gasteiger partial charge in [0.05, 0.1) is 5.69 Å². The summed E-state index contributed by atoms with van der Waals surface area (Å²) >= 11 is 0. The average Bonchev–Trinajstić information content (AvgIpc) is 2.79. The number of rotatable bonds is 5. The van der Waals surface area contributed by atoms with Crippen molar-refractivity contribution >= 4 is 11.5 Å². The summed E-state index contributed by atoms with van der Waals surface area (Å²) in [6, 6.07) is 11.9. The first-order valence-electron chi connectivity index (χ1n) is 6.14. The lowest BCUT2D eigenvalue weighted by atomic mass is 10.1. The second kappa shape index (κ2) is 5.87. The van der Waals surface area contributed by atoms with E-state index in [0.29, 0.717) is 11.4 Å². The van der Waals surface area contributed by atoms with Gasteiger partial charge < -0.3 is 5.32 Å². The smallest absolute Gasteiger partial charge is 0.170 e. The Balaban J connectivity index is 2.19. The number of aromatic amines is 1. The molecule has 0 atom stereocenters. The van der Waals surface area contributed by atoms with Crippen LogP contribution in [0.4, 0.5) is 11.5 Å². The second-order valence-electron chi connectivity index (χ2n) is 4.13. The maximum atomic E-state index is 9.22. The highest BCUT2D eigenvalue weighted by molar-refractivity contribution is 5.63. The Hall–Kier alpha value is -2.28. The van der Waals surface area contributed by atoms with Gasteiger partial charge in [-0.25, -0.2) is 0 Å². The van der Waals surface area contributed by atoms with Crippen LogP contribution >= 0.6 is 0 Å². The molecule has 1 heterocycles. The molecule has 0 saturated heterocycles. The van der Waals surface area contributed by atoms with Crippen molar-refractivity contribution in [3.63, 3.8) is 0 Å². The van der Waals surface area contributed by atoms with Crippen molar-refractivity contribution in [1.82, 2.24) is 10.2 Å². The van der Waals surface area contributed by atoms with Gasteiger partial charge in [-0.1, -0.05) is 31.5 Å². The average molecular weight is 240 g/mol. The lowest BCUT2D eigenvalue weighted by Gasteiger charge is -2.02. The Bertz CT molecular complexity index is 537. The van der Waals surface area contributed by atoms with Gasteiger partial charge in [0.1, 0.15) is 11.6 Å². The summed E-state index contributed by atoms with van der Waals surface area (Å²) in [7, 11) is 0. The topological polar surface area (TPSA) is 64.5 Å². The van der Waals surface area contributed by atoms with Gasteiger partial charge in [-0.3, -0.25) is 5.10 Å². The van der Waals surface area contributed by atoms with Crippen molar-refractivity contribution in [3.05, 3.63) is 41.6 Å². The van der Waals surface area contributed by atoms with Gasteiger partial charge in [0.15, 0.2) is 5.82 Å². The molecule has 0 unspecified atom stereocenters. The number of benzene rings is 1. The summed E-state index contributed by atoms with van der Waals surface area (Å²) in [4.78, 5) is 0. The van der Waals surface area contributed by atoms with Gasteiger partial charge in [0, 0.05) is 5.69 Å². The fourth-order valence-electron chi connectivity index (χ4n) is 1.78. The molecule has 4 nitrogen and oxygen atoms in total. The zero-order valence-electron chi connectivity index (χ0n) is 10.4. The number of aryl methyl sites for hydroxylation is 1. The molecule has 2 aromatic rings. The standard InChI is InChI=1S/C14H16N4/c1-2-3-9-13-12(10-15)14(18-17-13)16-11-7-5-4-6-8-11/h4-8H,2-3,9H2,1H3,(H2,16,17,18). The summed E-state index contributed by atoms with van der Waals surface area (Å²) in [5.74, 6) is 0.606. The number of H-pyrrole nitrogens is 1. The SMILES string of the molecule is CCCCc1[nH]nc(Nc2ccccc2)c1C#N. The molecule has 0 aliphatic rings. The Morgan fingerprint density at radius 1 is 1.33 bits per heavy atom. The summed E-state index contributed by atoms with van der Waals surface area (Å²) in [6.45, 7) is 2.13. The third-order valence-electron chi connectivity index (χ3n) is 2.77. The van der Waals surface area contributed by atoms with E-state index >= 15 is 0 Å². The molecular weight excluding hydrogens is 224 g/mol. The minimum Gasteiger partial charge on any atom is -0.338 e. The molecule has 18 heavy (non-hydrogen) atoms. The number of para-hydroxylation sites is 1.